The van der Waals surface area contributed by atoms with Crippen molar-refractivity contribution in [2.24, 2.45) is 0 Å². The van der Waals surface area contributed by atoms with Gasteiger partial charge in [-0.1, -0.05) is 18.2 Å². The van der Waals surface area contributed by atoms with Gasteiger partial charge in [0.2, 0.25) is 11.8 Å². The van der Waals surface area contributed by atoms with Gasteiger partial charge in [-0.05, 0) is 42.0 Å². The molecule has 0 aliphatic heterocycles. The average molecular weight is 455 g/mol. The third-order valence-electron chi connectivity index (χ3n) is 5.31. The summed E-state index contributed by atoms with van der Waals surface area (Å²) in [5, 5.41) is 19.9. The van der Waals surface area contributed by atoms with Gasteiger partial charge in [-0.3, -0.25) is 19.5 Å². The van der Waals surface area contributed by atoms with Crippen LogP contribution in [0.3, 0.4) is 0 Å². The Morgan fingerprint density at radius 3 is 2.62 bits per heavy atom. The number of nitro groups is 1. The number of nitrogens with zero attached hydrogens (tertiary/aromatic N) is 5. The first-order chi connectivity index (χ1) is 16.5. The monoisotopic (exact) mass is 455 g/mol. The molecule has 0 aliphatic carbocycles. The van der Waals surface area contributed by atoms with Gasteiger partial charge in [0.1, 0.15) is 17.9 Å². The molecule has 0 unspecified atom stereocenters. The van der Waals surface area contributed by atoms with Crippen LogP contribution in [0.4, 0.5) is 5.69 Å². The standard InChI is InChI=1S/C24H17N5O5/c1-33-19-9-7-15(8-10-19)20-13-16-5-3-11-25-22(16)28(24(20)30)14-21-26-27-23(34-21)17-4-2-6-18(12-17)29(31)32/h2-13H,14H2,1H3. The molecule has 0 saturated carbocycles. The fourth-order valence-electron chi connectivity index (χ4n) is 3.65. The van der Waals surface area contributed by atoms with Crippen LogP contribution in [0.2, 0.25) is 0 Å². The van der Waals surface area contributed by atoms with Gasteiger partial charge in [0.25, 0.3) is 11.2 Å². The molecule has 34 heavy (non-hydrogen) atoms. The van der Waals surface area contributed by atoms with Crippen LogP contribution in [-0.2, 0) is 6.54 Å². The zero-order chi connectivity index (χ0) is 23.7. The summed E-state index contributed by atoms with van der Waals surface area (Å²) in [5.74, 6) is 0.976. The van der Waals surface area contributed by atoms with Gasteiger partial charge in [-0.15, -0.1) is 10.2 Å². The maximum absolute atomic E-state index is 13.5. The number of fused-ring (bicyclic) bond motifs is 1. The number of nitro benzene ring substituents is 1. The van der Waals surface area contributed by atoms with E-state index in [9.17, 15) is 14.9 Å². The van der Waals surface area contributed by atoms with Crippen LogP contribution < -0.4 is 10.3 Å². The van der Waals surface area contributed by atoms with Crippen LogP contribution in [0.25, 0.3) is 33.6 Å². The fraction of sp³-hybridized carbons (Fsp3) is 0.0833. The van der Waals surface area contributed by atoms with Crippen LogP contribution >= 0.6 is 0 Å². The van der Waals surface area contributed by atoms with E-state index < -0.39 is 4.92 Å². The second-order valence-corrected chi connectivity index (χ2v) is 7.40. The van der Waals surface area contributed by atoms with E-state index in [1.807, 2.05) is 18.2 Å². The molecular weight excluding hydrogens is 438 g/mol. The van der Waals surface area contributed by atoms with Gasteiger partial charge in [0, 0.05) is 34.8 Å². The molecule has 5 aromatic rings. The Hall–Kier alpha value is -4.86. The van der Waals surface area contributed by atoms with E-state index in [4.69, 9.17) is 9.15 Å². The second-order valence-electron chi connectivity index (χ2n) is 7.40. The van der Waals surface area contributed by atoms with Gasteiger partial charge in [-0.25, -0.2) is 4.98 Å². The molecule has 0 radical (unpaired) electrons. The SMILES string of the molecule is COc1ccc(-c2cc3cccnc3n(Cc3nnc(-c4cccc([N+](=O)[O-])c4)o3)c2=O)cc1. The molecule has 0 aliphatic rings. The molecule has 0 bridgehead atoms. The predicted molar refractivity (Wildman–Crippen MR) is 123 cm³/mol. The Labute approximate surface area is 192 Å². The zero-order valence-corrected chi connectivity index (χ0v) is 17.9. The van der Waals surface area contributed by atoms with Gasteiger partial charge >= 0.3 is 0 Å². The van der Waals surface area contributed by atoms with E-state index in [2.05, 4.69) is 15.2 Å². The lowest BCUT2D eigenvalue weighted by Crippen LogP contribution is -2.23. The summed E-state index contributed by atoms with van der Waals surface area (Å²) in [6.07, 6.45) is 1.60. The summed E-state index contributed by atoms with van der Waals surface area (Å²) in [7, 11) is 1.58. The van der Waals surface area contributed by atoms with Crippen LogP contribution in [0.15, 0.2) is 82.1 Å². The van der Waals surface area contributed by atoms with Crippen molar-refractivity contribution in [3.05, 3.63) is 99.3 Å². The topological polar surface area (TPSA) is 126 Å². The smallest absolute Gasteiger partial charge is 0.270 e. The second kappa shape index (κ2) is 8.58. The number of hydrogen-bond acceptors (Lipinski definition) is 8. The molecule has 5 rings (SSSR count). The summed E-state index contributed by atoms with van der Waals surface area (Å²) in [5.41, 5.74) is 1.74. The lowest BCUT2D eigenvalue weighted by molar-refractivity contribution is -0.384. The highest BCUT2D eigenvalue weighted by molar-refractivity contribution is 5.81. The minimum atomic E-state index is -0.497. The minimum Gasteiger partial charge on any atom is -0.497 e. The molecule has 0 saturated heterocycles. The predicted octanol–water partition coefficient (Wildman–Crippen LogP) is 4.08. The lowest BCUT2D eigenvalue weighted by atomic mass is 10.1. The number of aromatic nitrogens is 4. The highest BCUT2D eigenvalue weighted by Gasteiger charge is 2.17. The van der Waals surface area contributed by atoms with E-state index in [0.717, 1.165) is 10.9 Å². The van der Waals surface area contributed by atoms with Crippen molar-refractivity contribution in [2.75, 3.05) is 7.11 Å². The zero-order valence-electron chi connectivity index (χ0n) is 17.9. The molecule has 168 valence electrons. The molecule has 3 aromatic heterocycles. The lowest BCUT2D eigenvalue weighted by Gasteiger charge is -2.11. The molecule has 0 spiro atoms. The number of benzene rings is 2. The van der Waals surface area contributed by atoms with Gasteiger partial charge < -0.3 is 9.15 Å². The van der Waals surface area contributed by atoms with Crippen molar-refractivity contribution in [1.29, 1.82) is 0 Å². The van der Waals surface area contributed by atoms with Crippen molar-refractivity contribution in [3.63, 3.8) is 0 Å². The summed E-state index contributed by atoms with van der Waals surface area (Å²) >= 11 is 0. The van der Waals surface area contributed by atoms with Crippen molar-refractivity contribution in [2.45, 2.75) is 6.54 Å². The quantitative estimate of drug-likeness (QED) is 0.277. The summed E-state index contributed by atoms with van der Waals surface area (Å²) < 4.78 is 12.4. The Kier molecular flexibility index (Phi) is 5.30. The van der Waals surface area contributed by atoms with Gasteiger partial charge in [-0.2, -0.15) is 0 Å². The summed E-state index contributed by atoms with van der Waals surface area (Å²) in [6, 6.07) is 18.6. The van der Waals surface area contributed by atoms with Crippen molar-refractivity contribution in [1.82, 2.24) is 19.7 Å². The van der Waals surface area contributed by atoms with E-state index in [1.54, 1.807) is 43.6 Å². The van der Waals surface area contributed by atoms with E-state index in [-0.39, 0.29) is 29.6 Å². The van der Waals surface area contributed by atoms with Crippen molar-refractivity contribution >= 4 is 16.7 Å². The normalized spacial score (nSPS) is 11.0. The number of ether oxygens (including phenoxy) is 1. The number of pyridine rings is 2. The van der Waals surface area contributed by atoms with Gasteiger partial charge in [0.05, 0.1) is 12.0 Å². The Balaban J connectivity index is 1.57. The largest absolute Gasteiger partial charge is 0.497 e. The maximum atomic E-state index is 13.5. The minimum absolute atomic E-state index is 0.0156. The molecule has 2 aromatic carbocycles. The van der Waals surface area contributed by atoms with E-state index in [0.29, 0.717) is 22.5 Å². The number of non-ortho nitro benzene ring substituents is 1. The third kappa shape index (κ3) is 3.88. The number of methoxy groups -OCH3 is 1. The van der Waals surface area contributed by atoms with E-state index in [1.165, 1.54) is 22.8 Å². The van der Waals surface area contributed by atoms with Crippen LogP contribution in [0.1, 0.15) is 5.89 Å². The van der Waals surface area contributed by atoms with Gasteiger partial charge in [0.15, 0.2) is 0 Å². The Morgan fingerprint density at radius 1 is 1.03 bits per heavy atom. The molecule has 0 fully saturated rings. The Morgan fingerprint density at radius 2 is 1.85 bits per heavy atom. The third-order valence-corrected chi connectivity index (χ3v) is 5.31. The highest BCUT2D eigenvalue weighted by Crippen LogP contribution is 2.25. The highest BCUT2D eigenvalue weighted by atomic mass is 16.6. The first kappa shape index (κ1) is 21.0. The van der Waals surface area contributed by atoms with Crippen molar-refractivity contribution < 1.29 is 14.1 Å². The number of hydrogen-bond donors (Lipinski definition) is 0. The molecule has 0 amide bonds. The van der Waals surface area contributed by atoms with Crippen LogP contribution in [-0.4, -0.2) is 31.8 Å². The summed E-state index contributed by atoms with van der Waals surface area (Å²) in [4.78, 5) is 28.4. The number of rotatable bonds is 6. The molecule has 0 atom stereocenters. The Bertz CT molecular complexity index is 1570. The van der Waals surface area contributed by atoms with Crippen LogP contribution in [0, 0.1) is 10.1 Å². The summed E-state index contributed by atoms with van der Waals surface area (Å²) in [6.45, 7) is -0.0156. The first-order valence-corrected chi connectivity index (χ1v) is 10.2. The van der Waals surface area contributed by atoms with E-state index >= 15 is 0 Å². The average Bonchev–Trinajstić information content (AvgIpc) is 3.34. The molecular formula is C24H17N5O5. The molecule has 10 nitrogen and oxygen atoms in total. The fourth-order valence-corrected chi connectivity index (χ4v) is 3.65. The molecule has 10 heteroatoms. The molecule has 3 heterocycles. The van der Waals surface area contributed by atoms with Crippen LogP contribution in [0.5, 0.6) is 5.75 Å². The molecule has 0 N–H and O–H groups in total. The first-order valence-electron chi connectivity index (χ1n) is 10.2. The van der Waals surface area contributed by atoms with Crippen molar-refractivity contribution in [3.8, 4) is 28.3 Å². The maximum Gasteiger partial charge on any atom is 0.270 e.